The van der Waals surface area contributed by atoms with Crippen LogP contribution in [-0.4, -0.2) is 30.6 Å². The van der Waals surface area contributed by atoms with Crippen LogP contribution in [0.1, 0.15) is 27.2 Å². The molecule has 118 valence electrons. The highest BCUT2D eigenvalue weighted by Crippen LogP contribution is 2.41. The van der Waals surface area contributed by atoms with Gasteiger partial charge >= 0.3 is 0 Å². The average Bonchev–Trinajstić information content (AvgIpc) is 3.23. The van der Waals surface area contributed by atoms with Gasteiger partial charge in [0.05, 0.1) is 17.7 Å². The highest BCUT2D eigenvalue weighted by molar-refractivity contribution is 7.12. The number of anilines is 1. The first kappa shape index (κ1) is 14.3. The number of carbonyl (C=O) groups is 1. The summed E-state index contributed by atoms with van der Waals surface area (Å²) in [5.74, 6) is 0.910. The molecule has 2 aliphatic heterocycles. The Morgan fingerprint density at radius 3 is 3.00 bits per heavy atom. The number of aryl methyl sites for hydroxylation is 1. The molecule has 1 fully saturated rings. The average molecular weight is 326 g/mol. The number of amides is 1. The fourth-order valence-corrected chi connectivity index (χ4v) is 4.01. The van der Waals surface area contributed by atoms with Crippen molar-refractivity contribution >= 4 is 29.0 Å². The summed E-state index contributed by atoms with van der Waals surface area (Å²) in [6.07, 6.45) is 3.05. The molecular formula is C18H18N2O2S. The SMILES string of the molecule is COc1ccc(C)c2c1NC1C(=C2)CCN1C(=O)c1cccs1. The van der Waals surface area contributed by atoms with Crippen LogP contribution in [0, 0.1) is 6.92 Å². The van der Waals surface area contributed by atoms with E-state index in [4.69, 9.17) is 4.74 Å². The van der Waals surface area contributed by atoms with Crippen molar-refractivity contribution in [2.24, 2.45) is 0 Å². The molecule has 1 saturated heterocycles. The van der Waals surface area contributed by atoms with Gasteiger partial charge in [-0.1, -0.05) is 12.1 Å². The van der Waals surface area contributed by atoms with Crippen LogP contribution in [0.3, 0.4) is 0 Å². The van der Waals surface area contributed by atoms with Crippen molar-refractivity contribution in [3.63, 3.8) is 0 Å². The van der Waals surface area contributed by atoms with E-state index in [0.717, 1.165) is 29.3 Å². The highest BCUT2D eigenvalue weighted by Gasteiger charge is 2.36. The summed E-state index contributed by atoms with van der Waals surface area (Å²) in [5.41, 5.74) is 4.62. The van der Waals surface area contributed by atoms with Crippen LogP contribution < -0.4 is 10.1 Å². The van der Waals surface area contributed by atoms with Crippen LogP contribution in [0.2, 0.25) is 0 Å². The van der Waals surface area contributed by atoms with Crippen molar-refractivity contribution < 1.29 is 9.53 Å². The lowest BCUT2D eigenvalue weighted by molar-refractivity contribution is 0.0765. The summed E-state index contributed by atoms with van der Waals surface area (Å²) in [7, 11) is 1.68. The van der Waals surface area contributed by atoms with E-state index in [1.54, 1.807) is 7.11 Å². The van der Waals surface area contributed by atoms with E-state index < -0.39 is 0 Å². The van der Waals surface area contributed by atoms with E-state index in [2.05, 4.69) is 24.4 Å². The molecule has 4 rings (SSSR count). The smallest absolute Gasteiger partial charge is 0.265 e. The lowest BCUT2D eigenvalue weighted by Crippen LogP contribution is -2.41. The summed E-state index contributed by atoms with van der Waals surface area (Å²) >= 11 is 1.49. The Morgan fingerprint density at radius 2 is 2.26 bits per heavy atom. The summed E-state index contributed by atoms with van der Waals surface area (Å²) in [6.45, 7) is 2.84. The molecule has 0 radical (unpaired) electrons. The second kappa shape index (κ2) is 5.42. The quantitative estimate of drug-likeness (QED) is 0.914. The molecule has 5 heteroatoms. The van der Waals surface area contributed by atoms with Gasteiger partial charge < -0.3 is 15.0 Å². The number of carbonyl (C=O) groups excluding carboxylic acids is 1. The van der Waals surface area contributed by atoms with Crippen molar-refractivity contribution in [2.45, 2.75) is 19.5 Å². The van der Waals surface area contributed by atoms with Gasteiger partial charge in [-0.05, 0) is 48.1 Å². The molecule has 1 N–H and O–H groups in total. The minimum atomic E-state index is -0.0761. The molecule has 2 aromatic rings. The lowest BCUT2D eigenvalue weighted by Gasteiger charge is -2.31. The van der Waals surface area contributed by atoms with Gasteiger partial charge in [0.1, 0.15) is 11.9 Å². The Kier molecular flexibility index (Phi) is 3.38. The molecule has 3 heterocycles. The third-order valence-electron chi connectivity index (χ3n) is 4.55. The maximum absolute atomic E-state index is 12.7. The molecule has 4 nitrogen and oxygen atoms in total. The number of nitrogens with zero attached hydrogens (tertiary/aromatic N) is 1. The van der Waals surface area contributed by atoms with Gasteiger partial charge in [0.2, 0.25) is 0 Å². The summed E-state index contributed by atoms with van der Waals surface area (Å²) in [4.78, 5) is 15.4. The zero-order valence-corrected chi connectivity index (χ0v) is 13.9. The van der Waals surface area contributed by atoms with Crippen molar-refractivity contribution in [2.75, 3.05) is 19.0 Å². The van der Waals surface area contributed by atoms with Crippen molar-refractivity contribution in [3.05, 3.63) is 51.2 Å². The molecule has 0 spiro atoms. The summed E-state index contributed by atoms with van der Waals surface area (Å²) in [5, 5.41) is 5.47. The van der Waals surface area contributed by atoms with Crippen LogP contribution in [0.25, 0.3) is 6.08 Å². The molecule has 1 aromatic heterocycles. The first-order valence-electron chi connectivity index (χ1n) is 7.68. The molecule has 1 unspecified atom stereocenters. The standard InChI is InChI=1S/C18H18N2O2S/c1-11-5-6-14(22-2)16-13(11)10-12-7-8-20(17(12)19-16)18(21)15-4-3-9-23-15/h3-6,9-10,17,19H,7-8H2,1-2H3. The Balaban J connectivity index is 1.72. The molecule has 1 atom stereocenters. The van der Waals surface area contributed by atoms with Crippen LogP contribution in [0.4, 0.5) is 5.69 Å². The second-order valence-corrected chi connectivity index (χ2v) is 6.81. The highest BCUT2D eigenvalue weighted by atomic mass is 32.1. The number of likely N-dealkylation sites (tertiary alicyclic amines) is 1. The molecule has 0 saturated carbocycles. The molecule has 0 bridgehead atoms. The normalized spacial score (nSPS) is 18.8. The van der Waals surface area contributed by atoms with Crippen LogP contribution >= 0.6 is 11.3 Å². The van der Waals surface area contributed by atoms with Crippen LogP contribution in [0.5, 0.6) is 5.75 Å². The zero-order chi connectivity index (χ0) is 16.0. The number of hydrogen-bond acceptors (Lipinski definition) is 4. The Hall–Kier alpha value is -2.27. The number of hydrogen-bond donors (Lipinski definition) is 1. The topological polar surface area (TPSA) is 41.6 Å². The number of methoxy groups -OCH3 is 1. The molecule has 1 aromatic carbocycles. The van der Waals surface area contributed by atoms with Gasteiger partial charge in [-0.3, -0.25) is 4.79 Å². The molecular weight excluding hydrogens is 308 g/mol. The van der Waals surface area contributed by atoms with E-state index in [0.29, 0.717) is 0 Å². The maximum atomic E-state index is 12.7. The Morgan fingerprint density at radius 1 is 1.39 bits per heavy atom. The summed E-state index contributed by atoms with van der Waals surface area (Å²) in [6, 6.07) is 7.84. The molecule has 1 amide bonds. The lowest BCUT2D eigenvalue weighted by atomic mass is 9.97. The predicted octanol–water partition coefficient (Wildman–Crippen LogP) is 3.75. The van der Waals surface area contributed by atoms with Crippen molar-refractivity contribution in [1.29, 1.82) is 0 Å². The van der Waals surface area contributed by atoms with E-state index >= 15 is 0 Å². The Labute approximate surface area is 139 Å². The van der Waals surface area contributed by atoms with E-state index in [1.807, 2.05) is 28.5 Å². The predicted molar refractivity (Wildman–Crippen MR) is 93.1 cm³/mol. The number of fused-ring (bicyclic) bond motifs is 2. The molecule has 23 heavy (non-hydrogen) atoms. The third kappa shape index (κ3) is 2.23. The van der Waals surface area contributed by atoms with Gasteiger partial charge in [0.25, 0.3) is 5.91 Å². The van der Waals surface area contributed by atoms with Crippen molar-refractivity contribution in [3.8, 4) is 5.75 Å². The number of ether oxygens (including phenoxy) is 1. The van der Waals surface area contributed by atoms with Gasteiger partial charge in [0.15, 0.2) is 0 Å². The van der Waals surface area contributed by atoms with Gasteiger partial charge in [-0.25, -0.2) is 0 Å². The van der Waals surface area contributed by atoms with Gasteiger partial charge in [0, 0.05) is 12.1 Å². The first-order chi connectivity index (χ1) is 11.2. The number of nitrogens with one attached hydrogen (secondary N) is 1. The molecule has 0 aliphatic carbocycles. The monoisotopic (exact) mass is 326 g/mol. The minimum Gasteiger partial charge on any atom is -0.495 e. The third-order valence-corrected chi connectivity index (χ3v) is 5.41. The van der Waals surface area contributed by atoms with Gasteiger partial charge in [-0.15, -0.1) is 11.3 Å². The zero-order valence-electron chi connectivity index (χ0n) is 13.1. The van der Waals surface area contributed by atoms with Crippen LogP contribution in [-0.2, 0) is 0 Å². The first-order valence-corrected chi connectivity index (χ1v) is 8.56. The largest absolute Gasteiger partial charge is 0.495 e. The van der Waals surface area contributed by atoms with Crippen LogP contribution in [0.15, 0.2) is 35.2 Å². The van der Waals surface area contributed by atoms with Crippen molar-refractivity contribution in [1.82, 2.24) is 4.90 Å². The number of rotatable bonds is 2. The fourth-order valence-electron chi connectivity index (χ4n) is 3.33. The number of benzene rings is 1. The minimum absolute atomic E-state index is 0.0761. The van der Waals surface area contributed by atoms with E-state index in [1.165, 1.54) is 28.0 Å². The molecule has 2 aliphatic rings. The Bertz CT molecular complexity index is 796. The van der Waals surface area contributed by atoms with Gasteiger partial charge in [-0.2, -0.15) is 0 Å². The van der Waals surface area contributed by atoms with E-state index in [9.17, 15) is 4.79 Å². The second-order valence-electron chi connectivity index (χ2n) is 5.87. The number of thiophene rings is 1. The maximum Gasteiger partial charge on any atom is 0.265 e. The summed E-state index contributed by atoms with van der Waals surface area (Å²) < 4.78 is 5.49. The van der Waals surface area contributed by atoms with E-state index in [-0.39, 0.29) is 12.1 Å². The fraction of sp³-hybridized carbons (Fsp3) is 0.278.